The zero-order chi connectivity index (χ0) is 46.3. The Balaban J connectivity index is 1.63. The quantitative estimate of drug-likeness (QED) is 0.166. The summed E-state index contributed by atoms with van der Waals surface area (Å²) in [6.45, 7) is 35.3. The topological polar surface area (TPSA) is 9.86 Å². The van der Waals surface area contributed by atoms with Crippen LogP contribution in [-0.4, -0.2) is 48.4 Å². The maximum Gasteiger partial charge on any atom is 0.139 e. The van der Waals surface area contributed by atoms with Crippen LogP contribution in [-0.2, 0) is 27.1 Å². The van der Waals surface area contributed by atoms with Crippen LogP contribution in [0.1, 0.15) is 132 Å². The second-order valence-corrected chi connectivity index (χ2v) is 24.2. The molecule has 8 aromatic rings. The molecule has 0 amide bonds. The predicted octanol–water partition coefficient (Wildman–Crippen LogP) is 7.33. The highest BCUT2D eigenvalue weighted by atomic mass is 15.0. The van der Waals surface area contributed by atoms with Crippen molar-refractivity contribution in [1.82, 2.24) is 9.13 Å². The number of hydrogen-bond acceptors (Lipinski definition) is 0. The molecule has 6 aromatic carbocycles. The van der Waals surface area contributed by atoms with Crippen molar-refractivity contribution in [3.8, 4) is 22.5 Å². The first-order valence-corrected chi connectivity index (χ1v) is 23.5. The zero-order valence-electron chi connectivity index (χ0n) is 42.5. The third-order valence-electron chi connectivity index (χ3n) is 14.6. The van der Waals surface area contributed by atoms with Gasteiger partial charge in [0.05, 0.1) is 27.8 Å². The average molecular weight is 824 g/mol. The van der Waals surface area contributed by atoms with E-state index >= 15 is 0 Å². The van der Waals surface area contributed by atoms with Crippen molar-refractivity contribution in [3.63, 3.8) is 0 Å². The summed E-state index contributed by atoms with van der Waals surface area (Å²) in [5.41, 5.74) is 23.6. The van der Waals surface area contributed by atoms with E-state index in [-0.39, 0.29) is 27.1 Å². The number of fused-ring (bicyclic) bond motifs is 6. The van der Waals surface area contributed by atoms with Crippen molar-refractivity contribution in [3.05, 3.63) is 113 Å². The van der Waals surface area contributed by atoms with Crippen LogP contribution in [0, 0.1) is 0 Å². The van der Waals surface area contributed by atoms with Gasteiger partial charge >= 0.3 is 0 Å². The molecule has 0 spiro atoms. The molecule has 2 aromatic heterocycles. The van der Waals surface area contributed by atoms with E-state index in [1.165, 1.54) is 121 Å². The van der Waals surface area contributed by atoms with Crippen molar-refractivity contribution in [2.24, 2.45) is 0 Å². The molecule has 0 radical (unpaired) electrons. The summed E-state index contributed by atoms with van der Waals surface area (Å²) >= 11 is 0. The van der Waals surface area contributed by atoms with E-state index in [1.807, 2.05) is 0 Å². The van der Waals surface area contributed by atoms with Crippen LogP contribution >= 0.6 is 0 Å². The molecule has 318 valence electrons. The SMILES string of the molecule is Bc1c(B)c(B)c(-c2cccc3c2c2c(C(C)(C)C)c(-n4c5ccc(C(C)(C)C)cc5c5cc(C(C)(C)C)ccc54)ccc2n3-c2cc(C(C)(C)C)cc(C(C)(C)C)c2)c(B)c1B. The summed E-state index contributed by atoms with van der Waals surface area (Å²) in [5, 5.41) is 5.30. The van der Waals surface area contributed by atoms with E-state index in [0.29, 0.717) is 0 Å². The van der Waals surface area contributed by atoms with Crippen LogP contribution in [0.2, 0.25) is 0 Å². The molecule has 0 unspecified atom stereocenters. The van der Waals surface area contributed by atoms with Crippen LogP contribution in [0.15, 0.2) is 84.9 Å². The minimum atomic E-state index is -0.228. The Hall–Kier alpha value is -4.76. The highest BCUT2D eigenvalue weighted by molar-refractivity contribution is 6.69. The van der Waals surface area contributed by atoms with Crippen LogP contribution in [0.25, 0.3) is 66.1 Å². The molecule has 7 heteroatoms. The van der Waals surface area contributed by atoms with E-state index < -0.39 is 0 Å². The van der Waals surface area contributed by atoms with Gasteiger partial charge in [0.15, 0.2) is 0 Å². The van der Waals surface area contributed by atoms with Crippen molar-refractivity contribution >= 4 is 110 Å². The molecule has 0 aliphatic carbocycles. The molecule has 8 rings (SSSR count). The van der Waals surface area contributed by atoms with Crippen molar-refractivity contribution in [2.75, 3.05) is 0 Å². The van der Waals surface area contributed by atoms with Gasteiger partial charge in [-0.05, 0) is 121 Å². The monoisotopic (exact) mass is 825 g/mol. The van der Waals surface area contributed by atoms with Gasteiger partial charge in [0.25, 0.3) is 0 Å². The minimum Gasteiger partial charge on any atom is -0.309 e. The maximum absolute atomic E-state index is 2.60. The van der Waals surface area contributed by atoms with E-state index in [2.05, 4.69) is 237 Å². The Labute approximate surface area is 383 Å². The highest BCUT2D eigenvalue weighted by Crippen LogP contribution is 2.47. The summed E-state index contributed by atoms with van der Waals surface area (Å²) in [5.74, 6) is 0. The zero-order valence-corrected chi connectivity index (χ0v) is 42.5. The molecule has 0 bridgehead atoms. The van der Waals surface area contributed by atoms with Gasteiger partial charge in [0, 0.05) is 27.2 Å². The Bertz CT molecular complexity index is 3050. The van der Waals surface area contributed by atoms with E-state index in [0.717, 1.165) is 0 Å². The minimum absolute atomic E-state index is 0.0227. The standard InChI is InChI=1S/C56H69B5N2/c1-52(2,3)30-19-21-38-36(28-30)37-29-31(53(4,5)6)20-22-39(37)63(38)42-24-23-41-45(46(42)56(13,14)15)43-35(44-47(57)49(59)51(61)50(60)48(44)58)17-16-18-40(43)62(41)34-26-32(54(7,8)9)25-33(27-34)55(10,11)12/h16-29H,57-61H2,1-15H3. The molecule has 63 heavy (non-hydrogen) atoms. The Morgan fingerprint density at radius 2 is 0.794 bits per heavy atom. The molecule has 2 nitrogen and oxygen atoms in total. The third-order valence-corrected chi connectivity index (χ3v) is 14.6. The van der Waals surface area contributed by atoms with Gasteiger partial charge in [-0.1, -0.05) is 145 Å². The number of nitrogens with zero attached hydrogens (tertiary/aromatic N) is 2. The summed E-state index contributed by atoms with van der Waals surface area (Å²) in [4.78, 5) is 0. The smallest absolute Gasteiger partial charge is 0.139 e. The normalized spacial score (nSPS) is 13.3. The second-order valence-electron chi connectivity index (χ2n) is 24.2. The molecule has 0 saturated carbocycles. The summed E-state index contributed by atoms with van der Waals surface area (Å²) in [7, 11) is 11.6. The van der Waals surface area contributed by atoms with Gasteiger partial charge in [-0.2, -0.15) is 0 Å². The number of aromatic nitrogens is 2. The molecule has 0 N–H and O–H groups in total. The molecule has 0 aliphatic rings. The first kappa shape index (κ1) is 44.8. The molecular weight excluding hydrogens is 755 g/mol. The van der Waals surface area contributed by atoms with Crippen molar-refractivity contribution in [1.29, 1.82) is 0 Å². The lowest BCUT2D eigenvalue weighted by Gasteiger charge is -2.27. The van der Waals surface area contributed by atoms with Gasteiger partial charge in [0.1, 0.15) is 39.2 Å². The molecule has 0 saturated heterocycles. The third kappa shape index (κ3) is 7.34. The lowest BCUT2D eigenvalue weighted by Crippen LogP contribution is -2.55. The maximum atomic E-state index is 2.60. The highest BCUT2D eigenvalue weighted by Gasteiger charge is 2.31. The van der Waals surface area contributed by atoms with Crippen LogP contribution < -0.4 is 27.3 Å². The van der Waals surface area contributed by atoms with Crippen molar-refractivity contribution in [2.45, 2.75) is 131 Å². The van der Waals surface area contributed by atoms with E-state index in [9.17, 15) is 0 Å². The Morgan fingerprint density at radius 3 is 1.24 bits per heavy atom. The van der Waals surface area contributed by atoms with Crippen LogP contribution in [0.4, 0.5) is 0 Å². The Kier molecular flexibility index (Phi) is 10.4. The first-order valence-electron chi connectivity index (χ1n) is 23.5. The molecule has 2 heterocycles. The largest absolute Gasteiger partial charge is 0.309 e. The summed E-state index contributed by atoms with van der Waals surface area (Å²) < 4.78 is 5.21. The summed E-state index contributed by atoms with van der Waals surface area (Å²) in [6, 6.07) is 33.8. The lowest BCUT2D eigenvalue weighted by molar-refractivity contribution is 0.568. The number of rotatable bonds is 3. The van der Waals surface area contributed by atoms with Gasteiger partial charge in [-0.3, -0.25) is 0 Å². The predicted molar refractivity (Wildman–Crippen MR) is 295 cm³/mol. The van der Waals surface area contributed by atoms with Crippen LogP contribution in [0.3, 0.4) is 0 Å². The van der Waals surface area contributed by atoms with E-state index in [1.54, 1.807) is 0 Å². The van der Waals surface area contributed by atoms with Gasteiger partial charge in [-0.15, -0.1) is 16.4 Å². The van der Waals surface area contributed by atoms with E-state index in [4.69, 9.17) is 0 Å². The molecule has 0 fully saturated rings. The molecular formula is C56H69B5N2. The Morgan fingerprint density at radius 1 is 0.365 bits per heavy atom. The van der Waals surface area contributed by atoms with Crippen molar-refractivity contribution < 1.29 is 0 Å². The fourth-order valence-electron chi connectivity index (χ4n) is 10.3. The number of hydrogen-bond donors (Lipinski definition) is 0. The fourth-order valence-corrected chi connectivity index (χ4v) is 10.3. The second kappa shape index (κ2) is 14.6. The fraction of sp³-hybridized carbons (Fsp3) is 0.357. The van der Waals surface area contributed by atoms with Gasteiger partial charge in [-0.25, -0.2) is 0 Å². The van der Waals surface area contributed by atoms with Gasteiger partial charge < -0.3 is 9.13 Å². The number of benzene rings is 6. The summed E-state index contributed by atoms with van der Waals surface area (Å²) in [6.07, 6.45) is 0. The lowest BCUT2D eigenvalue weighted by atomic mass is 9.59. The molecule has 0 atom stereocenters. The first-order chi connectivity index (χ1) is 29.0. The molecule has 0 aliphatic heterocycles. The van der Waals surface area contributed by atoms with Crippen LogP contribution in [0.5, 0.6) is 0 Å². The average Bonchev–Trinajstić information content (AvgIpc) is 3.69. The van der Waals surface area contributed by atoms with Gasteiger partial charge in [0.2, 0.25) is 0 Å².